The highest BCUT2D eigenvalue weighted by Gasteiger charge is 2.48. The van der Waals surface area contributed by atoms with Crippen LogP contribution in [-0.2, 0) is 15.0 Å². The van der Waals surface area contributed by atoms with Crippen LogP contribution >= 0.6 is 0 Å². The van der Waals surface area contributed by atoms with Gasteiger partial charge < -0.3 is 9.80 Å². The van der Waals surface area contributed by atoms with Gasteiger partial charge in [-0.3, -0.25) is 9.59 Å². The maximum absolute atomic E-state index is 13.2. The molecule has 2 amide bonds. The van der Waals surface area contributed by atoms with Crippen molar-refractivity contribution in [2.45, 2.75) is 43.6 Å². The standard InChI is InChI=1S/C20H24F2N2O2/c1-14(21)18(25)23(2)17-8-12-24(13-9-17)19(26)20(10-3-11-20)15-4-6-16(22)7-5-15/h4-7,17H,1,3,8-13H2,2H3. The Kier molecular flexibility index (Phi) is 5.12. The average Bonchev–Trinajstić information content (AvgIpc) is 2.61. The zero-order chi connectivity index (χ0) is 18.9. The maximum Gasteiger partial charge on any atom is 0.281 e. The first-order valence-corrected chi connectivity index (χ1v) is 9.02. The lowest BCUT2D eigenvalue weighted by molar-refractivity contribution is -0.143. The summed E-state index contributed by atoms with van der Waals surface area (Å²) in [5.74, 6) is -1.89. The van der Waals surface area contributed by atoms with Crippen LogP contribution in [0.25, 0.3) is 0 Å². The molecule has 1 aliphatic heterocycles. The van der Waals surface area contributed by atoms with Crippen LogP contribution in [0.5, 0.6) is 0 Å². The summed E-state index contributed by atoms with van der Waals surface area (Å²) in [6.45, 7) is 4.12. The first-order valence-electron chi connectivity index (χ1n) is 9.02. The fourth-order valence-electron chi connectivity index (χ4n) is 4.04. The van der Waals surface area contributed by atoms with E-state index in [1.165, 1.54) is 17.0 Å². The third-order valence-electron chi connectivity index (χ3n) is 5.87. The molecule has 6 heteroatoms. The highest BCUT2D eigenvalue weighted by molar-refractivity contribution is 5.91. The summed E-state index contributed by atoms with van der Waals surface area (Å²) in [5.41, 5.74) is 0.327. The Hall–Kier alpha value is -2.24. The number of hydrogen-bond donors (Lipinski definition) is 0. The smallest absolute Gasteiger partial charge is 0.281 e. The van der Waals surface area contributed by atoms with E-state index < -0.39 is 17.1 Å². The molecule has 0 unspecified atom stereocenters. The number of rotatable bonds is 4. The summed E-state index contributed by atoms with van der Waals surface area (Å²) in [4.78, 5) is 28.1. The van der Waals surface area contributed by atoms with Gasteiger partial charge in [-0.1, -0.05) is 25.1 Å². The summed E-state index contributed by atoms with van der Waals surface area (Å²) in [5, 5.41) is 0. The molecule has 1 aromatic rings. The van der Waals surface area contributed by atoms with Crippen LogP contribution in [0.3, 0.4) is 0 Å². The monoisotopic (exact) mass is 362 g/mol. The van der Waals surface area contributed by atoms with Crippen LogP contribution < -0.4 is 0 Å². The Balaban J connectivity index is 1.67. The van der Waals surface area contributed by atoms with Crippen LogP contribution in [0.15, 0.2) is 36.7 Å². The summed E-state index contributed by atoms with van der Waals surface area (Å²) < 4.78 is 26.3. The number of halogens is 2. The Bertz CT molecular complexity index is 705. The summed E-state index contributed by atoms with van der Waals surface area (Å²) in [6, 6.07) is 6.12. The second-order valence-electron chi connectivity index (χ2n) is 7.29. The van der Waals surface area contributed by atoms with Crippen LogP contribution in [0.4, 0.5) is 8.78 Å². The minimum Gasteiger partial charge on any atom is -0.342 e. The van der Waals surface area contributed by atoms with Crippen molar-refractivity contribution in [1.82, 2.24) is 9.80 Å². The highest BCUT2D eigenvalue weighted by atomic mass is 19.1. The molecule has 1 saturated heterocycles. The Morgan fingerprint density at radius 1 is 1.19 bits per heavy atom. The van der Waals surface area contributed by atoms with E-state index in [0.717, 1.165) is 24.8 Å². The van der Waals surface area contributed by atoms with Crippen LogP contribution in [0, 0.1) is 5.82 Å². The Labute approximate surface area is 152 Å². The maximum atomic E-state index is 13.2. The summed E-state index contributed by atoms with van der Waals surface area (Å²) in [7, 11) is 1.57. The molecule has 4 nitrogen and oxygen atoms in total. The average molecular weight is 362 g/mol. The minimum atomic E-state index is -0.962. The molecule has 1 heterocycles. The van der Waals surface area contributed by atoms with Gasteiger partial charge in [-0.05, 0) is 43.4 Å². The lowest BCUT2D eigenvalue weighted by atomic mass is 9.63. The topological polar surface area (TPSA) is 40.6 Å². The van der Waals surface area contributed by atoms with Gasteiger partial charge in [-0.25, -0.2) is 8.78 Å². The van der Waals surface area contributed by atoms with Crippen molar-refractivity contribution in [3.63, 3.8) is 0 Å². The van der Waals surface area contributed by atoms with E-state index in [-0.39, 0.29) is 17.8 Å². The van der Waals surface area contributed by atoms with E-state index >= 15 is 0 Å². The predicted molar refractivity (Wildman–Crippen MR) is 94.5 cm³/mol. The van der Waals surface area contributed by atoms with E-state index in [1.807, 2.05) is 4.90 Å². The molecule has 0 N–H and O–H groups in total. The number of carbonyl (C=O) groups excluding carboxylic acids is 2. The number of likely N-dealkylation sites (N-methyl/N-ethyl adjacent to an activating group) is 1. The van der Waals surface area contributed by atoms with Crippen LogP contribution in [-0.4, -0.2) is 47.8 Å². The van der Waals surface area contributed by atoms with Crippen molar-refractivity contribution in [2.24, 2.45) is 0 Å². The molecule has 26 heavy (non-hydrogen) atoms. The van der Waals surface area contributed by atoms with Crippen molar-refractivity contribution in [2.75, 3.05) is 20.1 Å². The quantitative estimate of drug-likeness (QED) is 0.772. The molecule has 1 saturated carbocycles. The van der Waals surface area contributed by atoms with Gasteiger partial charge in [0, 0.05) is 26.2 Å². The zero-order valence-corrected chi connectivity index (χ0v) is 15.0. The van der Waals surface area contributed by atoms with E-state index in [1.54, 1.807) is 19.2 Å². The van der Waals surface area contributed by atoms with Crippen LogP contribution in [0.1, 0.15) is 37.7 Å². The van der Waals surface area contributed by atoms with E-state index in [0.29, 0.717) is 25.9 Å². The molecule has 140 valence electrons. The summed E-state index contributed by atoms with van der Waals surface area (Å²) >= 11 is 0. The third-order valence-corrected chi connectivity index (χ3v) is 5.87. The number of piperidine rings is 1. The minimum absolute atomic E-state index is 0.0812. The number of likely N-dealkylation sites (tertiary alicyclic amines) is 1. The van der Waals surface area contributed by atoms with Gasteiger partial charge in [0.1, 0.15) is 5.82 Å². The SMILES string of the molecule is C=C(F)C(=O)N(C)C1CCN(C(=O)C2(c3ccc(F)cc3)CCC2)CC1. The summed E-state index contributed by atoms with van der Waals surface area (Å²) in [6.07, 6.45) is 3.76. The number of nitrogens with zero attached hydrogens (tertiary/aromatic N) is 2. The largest absolute Gasteiger partial charge is 0.342 e. The van der Waals surface area contributed by atoms with Crippen molar-refractivity contribution in [3.8, 4) is 0 Å². The molecule has 2 aliphatic rings. The number of carbonyl (C=O) groups is 2. The van der Waals surface area contributed by atoms with Gasteiger partial charge in [0.05, 0.1) is 5.41 Å². The second kappa shape index (κ2) is 7.17. The fourth-order valence-corrected chi connectivity index (χ4v) is 4.04. The van der Waals surface area contributed by atoms with Gasteiger partial charge in [-0.15, -0.1) is 0 Å². The van der Waals surface area contributed by atoms with Gasteiger partial charge in [0.2, 0.25) is 5.91 Å². The van der Waals surface area contributed by atoms with Gasteiger partial charge >= 0.3 is 0 Å². The normalized spacial score (nSPS) is 19.6. The number of benzene rings is 1. The van der Waals surface area contributed by atoms with E-state index in [4.69, 9.17) is 0 Å². The molecule has 0 spiro atoms. The molecule has 1 aromatic carbocycles. The van der Waals surface area contributed by atoms with Crippen molar-refractivity contribution in [3.05, 3.63) is 48.1 Å². The molecule has 0 radical (unpaired) electrons. The molecular weight excluding hydrogens is 338 g/mol. The van der Waals surface area contributed by atoms with E-state index in [2.05, 4.69) is 6.58 Å². The number of hydrogen-bond acceptors (Lipinski definition) is 2. The van der Waals surface area contributed by atoms with E-state index in [9.17, 15) is 18.4 Å². The molecule has 1 aliphatic carbocycles. The lowest BCUT2D eigenvalue weighted by Gasteiger charge is -2.46. The Morgan fingerprint density at radius 3 is 2.23 bits per heavy atom. The third kappa shape index (κ3) is 3.24. The second-order valence-corrected chi connectivity index (χ2v) is 7.29. The molecule has 0 aromatic heterocycles. The van der Waals surface area contributed by atoms with Crippen molar-refractivity contribution in [1.29, 1.82) is 0 Å². The lowest BCUT2D eigenvalue weighted by Crippen LogP contribution is -2.55. The number of amides is 2. The fraction of sp³-hybridized carbons (Fsp3) is 0.500. The molecule has 0 bridgehead atoms. The molecule has 3 rings (SSSR count). The molecular formula is C20H24F2N2O2. The highest BCUT2D eigenvalue weighted by Crippen LogP contribution is 2.45. The molecule has 2 fully saturated rings. The first-order chi connectivity index (χ1) is 12.3. The van der Waals surface area contributed by atoms with Crippen LogP contribution in [0.2, 0.25) is 0 Å². The predicted octanol–water partition coefficient (Wildman–Crippen LogP) is 3.18. The Morgan fingerprint density at radius 2 is 1.77 bits per heavy atom. The van der Waals surface area contributed by atoms with Crippen molar-refractivity contribution < 1.29 is 18.4 Å². The van der Waals surface area contributed by atoms with Gasteiger partial charge in [0.25, 0.3) is 5.91 Å². The molecule has 0 atom stereocenters. The van der Waals surface area contributed by atoms with Gasteiger partial charge in [0.15, 0.2) is 5.83 Å². The van der Waals surface area contributed by atoms with Crippen molar-refractivity contribution >= 4 is 11.8 Å². The zero-order valence-electron chi connectivity index (χ0n) is 15.0. The van der Waals surface area contributed by atoms with Gasteiger partial charge in [-0.2, -0.15) is 0 Å². The first kappa shape index (κ1) is 18.5.